The van der Waals surface area contributed by atoms with Crippen molar-refractivity contribution in [3.05, 3.63) is 72.3 Å². The van der Waals surface area contributed by atoms with Crippen LogP contribution in [0.5, 0.6) is 0 Å². The lowest BCUT2D eigenvalue weighted by Crippen LogP contribution is -2.23. The second kappa shape index (κ2) is 8.15. The van der Waals surface area contributed by atoms with Crippen LogP contribution in [0, 0.1) is 0 Å². The summed E-state index contributed by atoms with van der Waals surface area (Å²) >= 11 is 0. The molecule has 0 aliphatic heterocycles. The largest absolute Gasteiger partial charge is 0.457 e. The van der Waals surface area contributed by atoms with Gasteiger partial charge in [0, 0.05) is 5.57 Å². The van der Waals surface area contributed by atoms with Crippen molar-refractivity contribution in [2.24, 2.45) is 0 Å². The van der Waals surface area contributed by atoms with Gasteiger partial charge in [0.25, 0.3) is 0 Å². The fraction of sp³-hybridized carbons (Fsp3) is 0.261. The average molecular weight is 348 g/mol. The van der Waals surface area contributed by atoms with Gasteiger partial charge in [-0.2, -0.15) is 0 Å². The first-order valence-electron chi connectivity index (χ1n) is 8.93. The van der Waals surface area contributed by atoms with Crippen LogP contribution in [-0.4, -0.2) is 18.7 Å². The zero-order valence-electron chi connectivity index (χ0n) is 15.3. The van der Waals surface area contributed by atoms with E-state index in [2.05, 4.69) is 36.9 Å². The Kier molecular flexibility index (Phi) is 5.69. The molecule has 0 bridgehead atoms. The van der Waals surface area contributed by atoms with Crippen LogP contribution in [0.1, 0.15) is 25.8 Å². The Morgan fingerprint density at radius 2 is 1.62 bits per heavy atom. The van der Waals surface area contributed by atoms with Crippen LogP contribution >= 0.6 is 0 Å². The predicted molar refractivity (Wildman–Crippen MR) is 106 cm³/mol. The minimum absolute atomic E-state index is 0.263. The highest BCUT2D eigenvalue weighted by molar-refractivity contribution is 6.02. The first kappa shape index (κ1) is 18.2. The van der Waals surface area contributed by atoms with Crippen molar-refractivity contribution in [1.29, 1.82) is 0 Å². The van der Waals surface area contributed by atoms with Gasteiger partial charge < -0.3 is 9.47 Å². The molecule has 3 nitrogen and oxygen atoms in total. The molecule has 3 aromatic rings. The van der Waals surface area contributed by atoms with Crippen molar-refractivity contribution in [2.75, 3.05) is 6.61 Å². The van der Waals surface area contributed by atoms with Gasteiger partial charge in [-0.3, -0.25) is 0 Å². The Hall–Kier alpha value is -2.65. The summed E-state index contributed by atoms with van der Waals surface area (Å²) in [7, 11) is 0. The summed E-state index contributed by atoms with van der Waals surface area (Å²) in [5, 5.41) is 4.78. The van der Waals surface area contributed by atoms with E-state index >= 15 is 0 Å². The number of carbonyl (C=O) groups excluding carboxylic acids is 1. The Labute approximate surface area is 154 Å². The minimum atomic E-state index is -0.365. The molecule has 0 saturated carbocycles. The van der Waals surface area contributed by atoms with Crippen molar-refractivity contribution in [1.82, 2.24) is 0 Å². The van der Waals surface area contributed by atoms with E-state index in [1.165, 1.54) is 27.1 Å². The number of benzene rings is 3. The lowest BCUT2D eigenvalue weighted by molar-refractivity contribution is -0.147. The lowest BCUT2D eigenvalue weighted by Gasteiger charge is -2.17. The fourth-order valence-corrected chi connectivity index (χ4v) is 3.04. The summed E-state index contributed by atoms with van der Waals surface area (Å²) < 4.78 is 11.4. The highest BCUT2D eigenvalue weighted by atomic mass is 16.6. The number of fused-ring (bicyclic) bond motifs is 2. The van der Waals surface area contributed by atoms with Gasteiger partial charge in [-0.15, -0.1) is 0 Å². The summed E-state index contributed by atoms with van der Waals surface area (Å²) in [6.07, 6.45) is 0.440. The van der Waals surface area contributed by atoms with E-state index < -0.39 is 0 Å². The zero-order valence-corrected chi connectivity index (χ0v) is 15.3. The highest BCUT2D eigenvalue weighted by Crippen LogP contribution is 2.29. The van der Waals surface area contributed by atoms with Gasteiger partial charge in [0.05, 0.1) is 13.2 Å². The summed E-state index contributed by atoms with van der Waals surface area (Å²) in [6, 6.07) is 18.9. The molecule has 0 heterocycles. The molecule has 3 heteroatoms. The number of ether oxygens (including phenoxy) is 2. The summed E-state index contributed by atoms with van der Waals surface area (Å²) in [4.78, 5) is 11.7. The standard InChI is InChI=1S/C23H24O3/c1-4-19(26-23(24)16(2)3)14-25-15-22-20-11-7-5-9-17(20)13-18-10-6-8-12-21(18)22/h5-13,19H,2,4,14-15H2,1,3H3. The van der Waals surface area contributed by atoms with Crippen molar-refractivity contribution in [3.63, 3.8) is 0 Å². The normalized spacial score (nSPS) is 12.2. The number of hydrogen-bond acceptors (Lipinski definition) is 3. The quantitative estimate of drug-likeness (QED) is 0.325. The highest BCUT2D eigenvalue weighted by Gasteiger charge is 2.14. The average Bonchev–Trinajstić information content (AvgIpc) is 2.66. The van der Waals surface area contributed by atoms with Gasteiger partial charge in [0.15, 0.2) is 0 Å². The second-order valence-electron chi connectivity index (χ2n) is 6.53. The maximum Gasteiger partial charge on any atom is 0.333 e. The number of carbonyl (C=O) groups is 1. The van der Waals surface area contributed by atoms with E-state index in [0.717, 1.165) is 0 Å². The Bertz CT molecular complexity index is 888. The van der Waals surface area contributed by atoms with Gasteiger partial charge in [0.1, 0.15) is 6.10 Å². The van der Waals surface area contributed by atoms with Crippen LogP contribution in [-0.2, 0) is 20.9 Å². The molecule has 0 spiro atoms. The molecule has 1 unspecified atom stereocenters. The minimum Gasteiger partial charge on any atom is -0.457 e. The van der Waals surface area contributed by atoms with E-state index in [1.54, 1.807) is 6.92 Å². The molecule has 0 aromatic heterocycles. The van der Waals surface area contributed by atoms with Crippen molar-refractivity contribution in [3.8, 4) is 0 Å². The van der Waals surface area contributed by atoms with E-state index in [-0.39, 0.29) is 12.1 Å². The molecule has 26 heavy (non-hydrogen) atoms. The van der Waals surface area contributed by atoms with Gasteiger partial charge in [0.2, 0.25) is 0 Å². The lowest BCUT2D eigenvalue weighted by atomic mass is 9.97. The molecule has 1 atom stereocenters. The smallest absolute Gasteiger partial charge is 0.333 e. The fourth-order valence-electron chi connectivity index (χ4n) is 3.04. The zero-order chi connectivity index (χ0) is 18.5. The predicted octanol–water partition coefficient (Wildman–Crippen LogP) is 5.41. The van der Waals surface area contributed by atoms with Crippen LogP contribution < -0.4 is 0 Å². The van der Waals surface area contributed by atoms with Crippen molar-refractivity contribution in [2.45, 2.75) is 33.0 Å². The molecular formula is C23H24O3. The Morgan fingerprint density at radius 1 is 1.04 bits per heavy atom. The first-order chi connectivity index (χ1) is 12.6. The summed E-state index contributed by atoms with van der Waals surface area (Å²) in [6.45, 7) is 8.10. The van der Waals surface area contributed by atoms with Crippen LogP contribution in [0.4, 0.5) is 0 Å². The van der Waals surface area contributed by atoms with Crippen LogP contribution in [0.15, 0.2) is 66.7 Å². The summed E-state index contributed by atoms with van der Waals surface area (Å²) in [5.41, 5.74) is 1.57. The van der Waals surface area contributed by atoms with Crippen LogP contribution in [0.3, 0.4) is 0 Å². The third kappa shape index (κ3) is 3.94. The molecule has 0 fully saturated rings. The Balaban J connectivity index is 1.81. The number of hydrogen-bond donors (Lipinski definition) is 0. The molecular weight excluding hydrogens is 324 g/mol. The molecule has 0 N–H and O–H groups in total. The Morgan fingerprint density at radius 3 is 2.15 bits per heavy atom. The monoisotopic (exact) mass is 348 g/mol. The van der Waals surface area contributed by atoms with E-state index in [4.69, 9.17) is 9.47 Å². The van der Waals surface area contributed by atoms with Crippen molar-refractivity contribution >= 4 is 27.5 Å². The first-order valence-corrected chi connectivity index (χ1v) is 8.93. The van der Waals surface area contributed by atoms with Gasteiger partial charge >= 0.3 is 5.97 Å². The van der Waals surface area contributed by atoms with E-state index in [9.17, 15) is 4.79 Å². The number of esters is 1. The second-order valence-corrected chi connectivity index (χ2v) is 6.53. The molecule has 0 aliphatic rings. The molecule has 134 valence electrons. The SMILES string of the molecule is C=C(C)C(=O)OC(CC)COCc1c2ccccc2cc2ccccc12. The molecule has 3 rings (SSSR count). The maximum atomic E-state index is 11.7. The topological polar surface area (TPSA) is 35.5 Å². The maximum absolute atomic E-state index is 11.7. The molecule has 0 amide bonds. The van der Waals surface area contributed by atoms with Crippen molar-refractivity contribution < 1.29 is 14.3 Å². The van der Waals surface area contributed by atoms with Gasteiger partial charge in [-0.1, -0.05) is 62.0 Å². The van der Waals surface area contributed by atoms with E-state index in [1.807, 2.05) is 31.2 Å². The number of rotatable bonds is 7. The van der Waals surface area contributed by atoms with E-state index in [0.29, 0.717) is 25.2 Å². The molecule has 0 radical (unpaired) electrons. The summed E-state index contributed by atoms with van der Waals surface area (Å²) in [5.74, 6) is -0.365. The van der Waals surface area contributed by atoms with Crippen LogP contribution in [0.2, 0.25) is 0 Å². The van der Waals surface area contributed by atoms with Gasteiger partial charge in [-0.25, -0.2) is 4.79 Å². The molecule has 0 saturated heterocycles. The molecule has 0 aliphatic carbocycles. The molecule has 3 aromatic carbocycles. The third-order valence-electron chi connectivity index (χ3n) is 4.51. The van der Waals surface area contributed by atoms with Crippen LogP contribution in [0.25, 0.3) is 21.5 Å². The third-order valence-corrected chi connectivity index (χ3v) is 4.51. The van der Waals surface area contributed by atoms with Gasteiger partial charge in [-0.05, 0) is 46.5 Å².